The molecule has 0 aliphatic carbocycles. The minimum absolute atomic E-state index is 0.240. The minimum atomic E-state index is -1.97. The number of aliphatic hydroxyl groups is 11. The third kappa shape index (κ3) is 33.4. The summed E-state index contributed by atoms with van der Waals surface area (Å²) in [6.45, 7) is 1.82. The molecule has 3 aliphatic heterocycles. The first-order valence-electron chi connectivity index (χ1n) is 35.6. The smallest absolute Gasteiger partial charge is 0.220 e. The predicted molar refractivity (Wildman–Crippen MR) is 342 cm³/mol. The van der Waals surface area contributed by atoms with E-state index < -0.39 is 124 Å². The monoisotopic (exact) mass is 1260 g/mol. The van der Waals surface area contributed by atoms with Crippen LogP contribution in [0.15, 0.2) is 24.3 Å². The van der Waals surface area contributed by atoms with Crippen LogP contribution in [0.3, 0.4) is 0 Å². The van der Waals surface area contributed by atoms with Gasteiger partial charge in [-0.3, -0.25) is 4.79 Å². The first kappa shape index (κ1) is 80.5. The first-order valence-corrected chi connectivity index (χ1v) is 35.6. The molecule has 3 heterocycles. The van der Waals surface area contributed by atoms with Crippen LogP contribution in [0.4, 0.5) is 0 Å². The Balaban J connectivity index is 1.42. The number of allylic oxidation sites excluding steroid dienone is 4. The standard InChI is InChI=1S/C69H129NO18/c1-3-5-7-9-11-13-15-17-19-21-23-24-25-26-27-28-29-31-33-35-37-39-41-43-45-47-57(75)70-52(53(74)46-44-42-40-38-36-34-32-30-22-20-18-16-14-12-10-8-6-4-2)51-83-67-63(81)60(78)65(55(49-72)85-67)88-69-64(82)61(79)66(56(50-73)86-69)87-68-62(80)59(77)58(76)54(48-71)84-68/h15,17,21,23,52-56,58-69,71-74,76-82H,3-14,16,18-20,22,24-51H2,1-2H3,(H,70,75)/b17-15-,23-21-. The predicted octanol–water partition coefficient (Wildman–Crippen LogP) is 9.44. The number of rotatable bonds is 55. The number of aliphatic hydroxyl groups excluding tert-OH is 11. The second kappa shape index (κ2) is 51.7. The van der Waals surface area contributed by atoms with Gasteiger partial charge in [0.1, 0.15) is 73.2 Å². The lowest BCUT2D eigenvalue weighted by atomic mass is 9.96. The zero-order valence-corrected chi connectivity index (χ0v) is 54.7. The van der Waals surface area contributed by atoms with Gasteiger partial charge in [-0.25, -0.2) is 0 Å². The molecule has 88 heavy (non-hydrogen) atoms. The summed E-state index contributed by atoms with van der Waals surface area (Å²) in [4.78, 5) is 13.4. The largest absolute Gasteiger partial charge is 0.394 e. The molecule has 0 aromatic heterocycles. The molecular weight excluding hydrogens is 1130 g/mol. The Bertz CT molecular complexity index is 1690. The van der Waals surface area contributed by atoms with E-state index in [1.807, 2.05) is 0 Å². The van der Waals surface area contributed by atoms with E-state index in [0.29, 0.717) is 12.8 Å². The lowest BCUT2D eigenvalue weighted by molar-refractivity contribution is -0.379. The highest BCUT2D eigenvalue weighted by Crippen LogP contribution is 2.33. The van der Waals surface area contributed by atoms with Crippen molar-refractivity contribution in [1.29, 1.82) is 0 Å². The number of hydrogen-bond acceptors (Lipinski definition) is 18. The number of hydrogen-bond donors (Lipinski definition) is 12. The van der Waals surface area contributed by atoms with Crippen LogP contribution in [0.2, 0.25) is 0 Å². The summed E-state index contributed by atoms with van der Waals surface area (Å²) in [5.74, 6) is -0.240. The van der Waals surface area contributed by atoms with E-state index in [9.17, 15) is 61.0 Å². The molecule has 1 amide bonds. The third-order valence-electron chi connectivity index (χ3n) is 18.0. The zero-order valence-electron chi connectivity index (χ0n) is 54.7. The minimum Gasteiger partial charge on any atom is -0.394 e. The van der Waals surface area contributed by atoms with Crippen LogP contribution in [0.1, 0.15) is 277 Å². The van der Waals surface area contributed by atoms with Gasteiger partial charge in [-0.15, -0.1) is 0 Å². The van der Waals surface area contributed by atoms with Crippen LogP contribution >= 0.6 is 0 Å². The maximum atomic E-state index is 13.4. The zero-order chi connectivity index (χ0) is 64.0. The van der Waals surface area contributed by atoms with Crippen molar-refractivity contribution in [1.82, 2.24) is 5.32 Å². The van der Waals surface area contributed by atoms with Gasteiger partial charge in [0.2, 0.25) is 5.91 Å². The second-order valence-electron chi connectivity index (χ2n) is 25.7. The van der Waals surface area contributed by atoms with Crippen LogP contribution in [0, 0.1) is 0 Å². The highest BCUT2D eigenvalue weighted by Gasteiger charge is 2.53. The highest BCUT2D eigenvalue weighted by molar-refractivity contribution is 5.76. The van der Waals surface area contributed by atoms with Gasteiger partial charge in [0.15, 0.2) is 18.9 Å². The molecule has 3 saturated heterocycles. The van der Waals surface area contributed by atoms with Crippen molar-refractivity contribution in [2.45, 2.75) is 381 Å². The lowest BCUT2D eigenvalue weighted by Crippen LogP contribution is -2.66. The summed E-state index contributed by atoms with van der Waals surface area (Å²) in [6.07, 6.45) is 31.0. The molecule has 3 fully saturated rings. The van der Waals surface area contributed by atoms with Gasteiger partial charge < -0.3 is 89.9 Å². The van der Waals surface area contributed by atoms with Crippen LogP contribution in [-0.2, 0) is 33.2 Å². The molecule has 0 aromatic carbocycles. The Hall–Kier alpha value is -1.73. The Morgan fingerprint density at radius 3 is 1.16 bits per heavy atom. The van der Waals surface area contributed by atoms with E-state index in [4.69, 9.17) is 28.4 Å². The molecule has 518 valence electrons. The number of carbonyl (C=O) groups is 1. The average molecular weight is 1260 g/mol. The van der Waals surface area contributed by atoms with E-state index in [2.05, 4.69) is 43.5 Å². The van der Waals surface area contributed by atoms with Gasteiger partial charge in [0.05, 0.1) is 38.6 Å². The summed E-state index contributed by atoms with van der Waals surface area (Å²) in [7, 11) is 0. The van der Waals surface area contributed by atoms with E-state index in [-0.39, 0.29) is 18.9 Å². The van der Waals surface area contributed by atoms with Crippen molar-refractivity contribution in [3.63, 3.8) is 0 Å². The molecule has 19 heteroatoms. The van der Waals surface area contributed by atoms with Crippen molar-refractivity contribution in [3.05, 3.63) is 24.3 Å². The highest BCUT2D eigenvalue weighted by atomic mass is 16.8. The SMILES string of the molecule is CCCCCCC/C=C\C/C=C\CCCCCCCCCCCCCCCC(=O)NC(COC1OC(CO)C(OC2OC(CO)C(OC3OC(CO)C(O)C(O)C3O)C(O)C2O)C(O)C1O)C(O)CCCCCCCCCCCCCCCCCCCC. The maximum absolute atomic E-state index is 13.4. The Morgan fingerprint density at radius 2 is 0.750 bits per heavy atom. The Labute approximate surface area is 530 Å². The van der Waals surface area contributed by atoms with Crippen LogP contribution in [0.5, 0.6) is 0 Å². The van der Waals surface area contributed by atoms with Crippen molar-refractivity contribution in [2.75, 3.05) is 26.4 Å². The fraction of sp³-hybridized carbons (Fsp3) is 0.928. The summed E-state index contributed by atoms with van der Waals surface area (Å²) in [5, 5.41) is 121. The normalized spacial score (nSPS) is 28.5. The van der Waals surface area contributed by atoms with Gasteiger partial charge >= 0.3 is 0 Å². The molecule has 0 radical (unpaired) electrons. The Morgan fingerprint density at radius 1 is 0.409 bits per heavy atom. The van der Waals surface area contributed by atoms with Crippen molar-refractivity contribution >= 4 is 5.91 Å². The molecular formula is C69H129NO18. The number of unbranched alkanes of at least 4 members (excludes halogenated alkanes) is 35. The topological polar surface area (TPSA) is 307 Å². The second-order valence-corrected chi connectivity index (χ2v) is 25.7. The molecule has 3 aliphatic rings. The molecule has 0 bridgehead atoms. The molecule has 17 atom stereocenters. The van der Waals surface area contributed by atoms with Crippen molar-refractivity contribution < 1.29 is 89.4 Å². The fourth-order valence-corrected chi connectivity index (χ4v) is 12.2. The van der Waals surface area contributed by atoms with Crippen LogP contribution < -0.4 is 5.32 Å². The number of amides is 1. The fourth-order valence-electron chi connectivity index (χ4n) is 12.2. The van der Waals surface area contributed by atoms with Gasteiger partial charge in [0.25, 0.3) is 0 Å². The van der Waals surface area contributed by atoms with Crippen LogP contribution in [-0.4, -0.2) is 193 Å². The van der Waals surface area contributed by atoms with E-state index in [0.717, 1.165) is 51.4 Å². The summed E-state index contributed by atoms with van der Waals surface area (Å²) in [5.41, 5.74) is 0. The van der Waals surface area contributed by atoms with Crippen LogP contribution in [0.25, 0.3) is 0 Å². The van der Waals surface area contributed by atoms with Gasteiger partial charge in [0, 0.05) is 6.42 Å². The average Bonchev–Trinajstić information content (AvgIpc) is 3.70. The van der Waals surface area contributed by atoms with Crippen molar-refractivity contribution in [3.8, 4) is 0 Å². The molecule has 0 saturated carbocycles. The summed E-state index contributed by atoms with van der Waals surface area (Å²) in [6, 6.07) is -0.886. The summed E-state index contributed by atoms with van der Waals surface area (Å²) < 4.78 is 34.4. The maximum Gasteiger partial charge on any atom is 0.220 e. The summed E-state index contributed by atoms with van der Waals surface area (Å²) >= 11 is 0. The molecule has 0 spiro atoms. The number of ether oxygens (including phenoxy) is 6. The van der Waals surface area contributed by atoms with E-state index in [1.54, 1.807) is 0 Å². The van der Waals surface area contributed by atoms with Gasteiger partial charge in [-0.1, -0.05) is 250 Å². The quantitative estimate of drug-likeness (QED) is 0.0199. The van der Waals surface area contributed by atoms with Crippen molar-refractivity contribution in [2.24, 2.45) is 0 Å². The molecule has 12 N–H and O–H groups in total. The molecule has 17 unspecified atom stereocenters. The lowest BCUT2D eigenvalue weighted by Gasteiger charge is -2.48. The third-order valence-corrected chi connectivity index (χ3v) is 18.0. The Kier molecular flexibility index (Phi) is 47.3. The molecule has 0 aromatic rings. The molecule has 19 nitrogen and oxygen atoms in total. The van der Waals surface area contributed by atoms with E-state index in [1.165, 1.54) is 193 Å². The molecule has 3 rings (SSSR count). The van der Waals surface area contributed by atoms with Gasteiger partial charge in [-0.2, -0.15) is 0 Å². The number of nitrogens with one attached hydrogen (secondary N) is 1. The van der Waals surface area contributed by atoms with Gasteiger partial charge in [-0.05, 0) is 44.9 Å². The first-order chi connectivity index (χ1) is 42.8. The van der Waals surface area contributed by atoms with E-state index >= 15 is 0 Å². The number of carbonyl (C=O) groups excluding carboxylic acids is 1.